The van der Waals surface area contributed by atoms with Crippen LogP contribution in [0.15, 0.2) is 0 Å². The minimum absolute atomic E-state index is 0.0697. The standard InChI is InChI=1S/C18H35OS/c1-2-3-4-5-6-7-8-9-10-11-12-13-14-15-16-17-18(19)20/h2-17H2,1H3. The number of carbonyl (C=O) groups is 1. The van der Waals surface area contributed by atoms with Gasteiger partial charge in [0.05, 0.1) is 0 Å². The van der Waals surface area contributed by atoms with Crippen LogP contribution in [0.4, 0.5) is 0 Å². The molecule has 2 heteroatoms. The van der Waals surface area contributed by atoms with E-state index in [1.807, 2.05) is 0 Å². The summed E-state index contributed by atoms with van der Waals surface area (Å²) in [5, 5.41) is -0.0697. The summed E-state index contributed by atoms with van der Waals surface area (Å²) in [4.78, 5) is 10.6. The van der Waals surface area contributed by atoms with Gasteiger partial charge in [0.1, 0.15) is 0 Å². The average Bonchev–Trinajstić information content (AvgIpc) is 2.43. The molecule has 119 valence electrons. The molecule has 0 bridgehead atoms. The van der Waals surface area contributed by atoms with E-state index in [0.717, 1.165) is 6.42 Å². The first-order chi connectivity index (χ1) is 9.77. The van der Waals surface area contributed by atoms with Crippen LogP contribution >= 0.6 is 12.6 Å². The molecule has 0 spiro atoms. The molecule has 0 aromatic carbocycles. The lowest BCUT2D eigenvalue weighted by Crippen LogP contribution is -1.87. The van der Waals surface area contributed by atoms with Gasteiger partial charge < -0.3 is 0 Å². The minimum Gasteiger partial charge on any atom is -0.282 e. The van der Waals surface area contributed by atoms with Crippen LogP contribution in [0.1, 0.15) is 110 Å². The average molecular weight is 300 g/mol. The predicted molar refractivity (Wildman–Crippen MR) is 92.1 cm³/mol. The second-order valence-corrected chi connectivity index (χ2v) is 6.53. The molecule has 0 saturated heterocycles. The molecule has 0 aliphatic carbocycles. The molecule has 0 saturated carbocycles. The highest BCUT2D eigenvalue weighted by atomic mass is 32.1. The summed E-state index contributed by atoms with van der Waals surface area (Å²) in [6.45, 7) is 2.28. The Balaban J connectivity index is 2.94. The molecule has 0 heterocycles. The lowest BCUT2D eigenvalue weighted by molar-refractivity contribution is -0.110. The second-order valence-electron chi connectivity index (χ2n) is 6.07. The molecular weight excluding hydrogens is 264 g/mol. The maximum Gasteiger partial charge on any atom is 0.218 e. The smallest absolute Gasteiger partial charge is 0.218 e. The van der Waals surface area contributed by atoms with Crippen molar-refractivity contribution >= 4 is 17.7 Å². The summed E-state index contributed by atoms with van der Waals surface area (Å²) in [7, 11) is 0. The van der Waals surface area contributed by atoms with Gasteiger partial charge in [-0.3, -0.25) is 4.79 Å². The van der Waals surface area contributed by atoms with Crippen LogP contribution in [-0.2, 0) is 4.79 Å². The largest absolute Gasteiger partial charge is 0.282 e. The molecule has 0 aromatic rings. The fourth-order valence-electron chi connectivity index (χ4n) is 2.64. The highest BCUT2D eigenvalue weighted by Gasteiger charge is 1.96. The lowest BCUT2D eigenvalue weighted by atomic mass is 10.0. The summed E-state index contributed by atoms with van der Waals surface area (Å²) < 4.78 is 0. The van der Waals surface area contributed by atoms with Crippen molar-refractivity contribution in [1.82, 2.24) is 0 Å². The Morgan fingerprint density at radius 1 is 0.600 bits per heavy atom. The first kappa shape index (κ1) is 19.9. The van der Waals surface area contributed by atoms with Crippen molar-refractivity contribution in [3.8, 4) is 0 Å². The molecule has 1 nitrogen and oxygen atoms in total. The predicted octanol–water partition coefficient (Wildman–Crippen LogP) is 6.97. The molecule has 0 aliphatic heterocycles. The van der Waals surface area contributed by atoms with E-state index in [2.05, 4.69) is 19.6 Å². The van der Waals surface area contributed by atoms with Gasteiger partial charge in [0.15, 0.2) is 0 Å². The van der Waals surface area contributed by atoms with Crippen LogP contribution in [0, 0.1) is 0 Å². The number of hydrogen-bond donors (Lipinski definition) is 0. The van der Waals surface area contributed by atoms with Crippen molar-refractivity contribution < 1.29 is 4.79 Å². The molecule has 0 aromatic heterocycles. The van der Waals surface area contributed by atoms with E-state index in [-0.39, 0.29) is 5.12 Å². The van der Waals surface area contributed by atoms with Gasteiger partial charge in [-0.05, 0) is 19.0 Å². The summed E-state index contributed by atoms with van der Waals surface area (Å²) in [6.07, 6.45) is 21.0. The van der Waals surface area contributed by atoms with Gasteiger partial charge in [0.2, 0.25) is 5.12 Å². The van der Waals surface area contributed by atoms with Crippen molar-refractivity contribution in [1.29, 1.82) is 0 Å². The first-order valence-electron chi connectivity index (χ1n) is 8.97. The molecule has 0 amide bonds. The minimum atomic E-state index is -0.0697. The highest BCUT2D eigenvalue weighted by molar-refractivity contribution is 7.96. The molecule has 0 aliphatic rings. The molecule has 20 heavy (non-hydrogen) atoms. The Morgan fingerprint density at radius 2 is 0.900 bits per heavy atom. The van der Waals surface area contributed by atoms with Crippen molar-refractivity contribution in [3.63, 3.8) is 0 Å². The summed E-state index contributed by atoms with van der Waals surface area (Å²) in [5.74, 6) is 0. The Kier molecular flexibility index (Phi) is 16.8. The summed E-state index contributed by atoms with van der Waals surface area (Å²) >= 11 is 4.54. The number of rotatable bonds is 16. The fourth-order valence-corrected chi connectivity index (χ4v) is 2.78. The first-order valence-corrected chi connectivity index (χ1v) is 9.38. The third-order valence-electron chi connectivity index (χ3n) is 3.98. The number of carbonyl (C=O) groups excluding carboxylic acids is 1. The fraction of sp³-hybridized carbons (Fsp3) is 0.944. The van der Waals surface area contributed by atoms with Crippen LogP contribution in [0.2, 0.25) is 0 Å². The monoisotopic (exact) mass is 299 g/mol. The number of hydrogen-bond acceptors (Lipinski definition) is 1. The molecule has 0 unspecified atom stereocenters. The Bertz CT molecular complexity index is 204. The van der Waals surface area contributed by atoms with Gasteiger partial charge in [-0.25, -0.2) is 0 Å². The lowest BCUT2D eigenvalue weighted by Gasteiger charge is -2.03. The van der Waals surface area contributed by atoms with Crippen LogP contribution in [0.25, 0.3) is 0 Å². The molecular formula is C18H35OS. The zero-order chi connectivity index (χ0) is 14.9. The van der Waals surface area contributed by atoms with Gasteiger partial charge in [0.25, 0.3) is 0 Å². The van der Waals surface area contributed by atoms with Crippen LogP contribution in [0.5, 0.6) is 0 Å². The van der Waals surface area contributed by atoms with Crippen molar-refractivity contribution in [2.24, 2.45) is 0 Å². The Hall–Kier alpha value is -0.110. The van der Waals surface area contributed by atoms with E-state index in [9.17, 15) is 4.79 Å². The highest BCUT2D eigenvalue weighted by Crippen LogP contribution is 2.13. The summed E-state index contributed by atoms with van der Waals surface area (Å²) in [5.41, 5.74) is 0. The quantitative estimate of drug-likeness (QED) is 0.281. The van der Waals surface area contributed by atoms with Gasteiger partial charge in [0, 0.05) is 6.42 Å². The van der Waals surface area contributed by atoms with Crippen LogP contribution < -0.4 is 0 Å². The summed E-state index contributed by atoms with van der Waals surface area (Å²) in [6, 6.07) is 0. The van der Waals surface area contributed by atoms with E-state index in [0.29, 0.717) is 6.42 Å². The Morgan fingerprint density at radius 3 is 1.20 bits per heavy atom. The normalized spacial score (nSPS) is 10.8. The maximum absolute atomic E-state index is 10.6. The molecule has 1 radical (unpaired) electrons. The Labute approximate surface area is 132 Å². The molecule has 0 fully saturated rings. The van der Waals surface area contributed by atoms with E-state index in [1.54, 1.807) is 0 Å². The van der Waals surface area contributed by atoms with Crippen LogP contribution in [-0.4, -0.2) is 5.12 Å². The third-order valence-corrected chi connectivity index (χ3v) is 4.19. The SMILES string of the molecule is CCCCCCCCCCCCCCCCCC(=O)[S]. The van der Waals surface area contributed by atoms with E-state index in [4.69, 9.17) is 0 Å². The molecule has 0 atom stereocenters. The van der Waals surface area contributed by atoms with Crippen molar-refractivity contribution in [2.75, 3.05) is 0 Å². The van der Waals surface area contributed by atoms with Crippen molar-refractivity contribution in [3.05, 3.63) is 0 Å². The van der Waals surface area contributed by atoms with Crippen LogP contribution in [0.3, 0.4) is 0 Å². The molecule has 0 rings (SSSR count). The van der Waals surface area contributed by atoms with Gasteiger partial charge in [-0.2, -0.15) is 0 Å². The third kappa shape index (κ3) is 17.9. The maximum atomic E-state index is 10.6. The van der Waals surface area contributed by atoms with Crippen molar-refractivity contribution in [2.45, 2.75) is 110 Å². The van der Waals surface area contributed by atoms with E-state index >= 15 is 0 Å². The zero-order valence-corrected chi connectivity index (χ0v) is 14.4. The number of unbranched alkanes of at least 4 members (excludes halogenated alkanes) is 14. The van der Waals surface area contributed by atoms with Gasteiger partial charge in [-0.15, -0.1) is 0 Å². The van der Waals surface area contributed by atoms with E-state index in [1.165, 1.54) is 89.9 Å². The molecule has 0 N–H and O–H groups in total. The topological polar surface area (TPSA) is 17.1 Å². The van der Waals surface area contributed by atoms with Gasteiger partial charge in [-0.1, -0.05) is 96.8 Å². The zero-order valence-electron chi connectivity index (χ0n) is 13.6. The van der Waals surface area contributed by atoms with Gasteiger partial charge >= 0.3 is 0 Å². The second kappa shape index (κ2) is 16.9. The van der Waals surface area contributed by atoms with E-state index < -0.39 is 0 Å².